The number of primary sulfonamides is 1. The molecule has 2 atom stereocenters. The fourth-order valence-electron chi connectivity index (χ4n) is 2.99. The normalized spacial score (nSPS) is 14.5. The molecule has 0 aromatic heterocycles. The SMILES string of the molecule is CCC(C(N)=O)C(CSc1ccccc1)Nc1ccc(S(N)(=O)=O)cc1S(=O)(=O)C(F)(F)F. The lowest BCUT2D eigenvalue weighted by Gasteiger charge is -2.27. The molecule has 33 heavy (non-hydrogen) atoms. The summed E-state index contributed by atoms with van der Waals surface area (Å²) in [5, 5.41) is 7.63. The first-order chi connectivity index (χ1) is 15.2. The van der Waals surface area contributed by atoms with Crippen LogP contribution in [-0.2, 0) is 24.7 Å². The number of hydrogen-bond acceptors (Lipinski definition) is 7. The third kappa shape index (κ3) is 6.62. The van der Waals surface area contributed by atoms with Crippen LogP contribution < -0.4 is 16.2 Å². The number of hydrogen-bond donors (Lipinski definition) is 3. The number of amides is 1. The van der Waals surface area contributed by atoms with E-state index in [1.165, 1.54) is 11.8 Å². The molecule has 2 aromatic carbocycles. The zero-order chi connectivity index (χ0) is 25.0. The standard InChI is InChI=1S/C19H22F3N3O5S3/c1-2-14(18(23)26)16(11-31-12-6-4-3-5-7-12)25-15-9-8-13(33(24,29)30)10-17(15)32(27,28)19(20,21)22/h3-10,14,16,25H,2,11H2,1H3,(H2,23,26)(H2,24,29,30). The van der Waals surface area contributed by atoms with Gasteiger partial charge in [0.05, 0.1) is 16.5 Å². The van der Waals surface area contributed by atoms with Crippen LogP contribution in [0.25, 0.3) is 0 Å². The Hall–Kier alpha value is -2.29. The Balaban J connectivity index is 2.56. The number of sulfone groups is 1. The minimum atomic E-state index is -5.96. The van der Waals surface area contributed by atoms with Gasteiger partial charge in [0.25, 0.3) is 9.84 Å². The summed E-state index contributed by atoms with van der Waals surface area (Å²) in [6.45, 7) is 1.65. The van der Waals surface area contributed by atoms with Gasteiger partial charge in [-0.1, -0.05) is 25.1 Å². The Morgan fingerprint density at radius 3 is 2.18 bits per heavy atom. The quantitative estimate of drug-likeness (QED) is 0.404. The summed E-state index contributed by atoms with van der Waals surface area (Å²) >= 11 is 1.28. The molecule has 2 rings (SSSR count). The van der Waals surface area contributed by atoms with E-state index in [4.69, 9.17) is 10.9 Å². The predicted octanol–water partition coefficient (Wildman–Crippen LogP) is 2.71. The van der Waals surface area contributed by atoms with E-state index in [0.717, 1.165) is 17.0 Å². The van der Waals surface area contributed by atoms with Crippen LogP contribution in [-0.4, -0.2) is 40.0 Å². The van der Waals surface area contributed by atoms with Crippen LogP contribution in [0.15, 0.2) is 63.2 Å². The lowest BCUT2D eigenvalue weighted by atomic mass is 9.97. The van der Waals surface area contributed by atoms with Gasteiger partial charge in [0.15, 0.2) is 0 Å². The average Bonchev–Trinajstić information content (AvgIpc) is 2.71. The molecule has 0 bridgehead atoms. The molecule has 0 saturated heterocycles. The summed E-state index contributed by atoms with van der Waals surface area (Å²) in [7, 11) is -10.5. The Morgan fingerprint density at radius 1 is 1.09 bits per heavy atom. The summed E-state index contributed by atoms with van der Waals surface area (Å²) in [6.07, 6.45) is 0.221. The number of nitrogens with two attached hydrogens (primary N) is 2. The topological polar surface area (TPSA) is 149 Å². The van der Waals surface area contributed by atoms with Gasteiger partial charge in [0.1, 0.15) is 4.90 Å². The molecule has 2 unspecified atom stereocenters. The van der Waals surface area contributed by atoms with Gasteiger partial charge in [0.2, 0.25) is 15.9 Å². The number of nitrogens with one attached hydrogen (secondary N) is 1. The fourth-order valence-corrected chi connectivity index (χ4v) is 5.59. The number of thioether (sulfide) groups is 1. The Kier molecular flexibility index (Phi) is 8.43. The van der Waals surface area contributed by atoms with Gasteiger partial charge in [-0.15, -0.1) is 11.8 Å². The summed E-state index contributed by atoms with van der Waals surface area (Å²) in [5.41, 5.74) is -0.773. The molecule has 0 aliphatic carbocycles. The molecule has 0 aliphatic heterocycles. The molecule has 0 aliphatic rings. The van der Waals surface area contributed by atoms with Gasteiger partial charge in [-0.25, -0.2) is 22.0 Å². The zero-order valence-corrected chi connectivity index (χ0v) is 19.7. The van der Waals surface area contributed by atoms with Crippen LogP contribution in [0.1, 0.15) is 13.3 Å². The van der Waals surface area contributed by atoms with Crippen molar-refractivity contribution in [3.8, 4) is 0 Å². The lowest BCUT2D eigenvalue weighted by Crippen LogP contribution is -2.40. The molecule has 1 amide bonds. The Labute approximate surface area is 193 Å². The average molecular weight is 526 g/mol. The van der Waals surface area contributed by atoms with Crippen molar-refractivity contribution in [1.29, 1.82) is 0 Å². The molecule has 0 spiro atoms. The first-order valence-corrected chi connectivity index (χ1v) is 13.4. The highest BCUT2D eigenvalue weighted by molar-refractivity contribution is 7.99. The second-order valence-corrected chi connectivity index (χ2v) is 11.5. The fraction of sp³-hybridized carbons (Fsp3) is 0.316. The number of benzene rings is 2. The predicted molar refractivity (Wildman–Crippen MR) is 119 cm³/mol. The van der Waals surface area contributed by atoms with Crippen molar-refractivity contribution >= 4 is 43.2 Å². The molecule has 8 nitrogen and oxygen atoms in total. The van der Waals surface area contributed by atoms with Gasteiger partial charge in [-0.05, 0) is 36.8 Å². The second-order valence-electron chi connectivity index (χ2n) is 6.94. The van der Waals surface area contributed by atoms with E-state index in [2.05, 4.69) is 5.32 Å². The monoisotopic (exact) mass is 525 g/mol. The van der Waals surface area contributed by atoms with E-state index in [1.54, 1.807) is 37.3 Å². The summed E-state index contributed by atoms with van der Waals surface area (Å²) in [5.74, 6) is -1.45. The van der Waals surface area contributed by atoms with Gasteiger partial charge in [0, 0.05) is 16.7 Å². The van der Waals surface area contributed by atoms with Crippen LogP contribution >= 0.6 is 11.8 Å². The molecule has 0 fully saturated rings. The van der Waals surface area contributed by atoms with Gasteiger partial charge in [-0.2, -0.15) is 13.2 Å². The van der Waals surface area contributed by atoms with Crippen molar-refractivity contribution in [2.75, 3.05) is 11.1 Å². The van der Waals surface area contributed by atoms with E-state index in [1.807, 2.05) is 0 Å². The largest absolute Gasteiger partial charge is 0.501 e. The highest BCUT2D eigenvalue weighted by Gasteiger charge is 2.48. The number of rotatable bonds is 10. The van der Waals surface area contributed by atoms with Crippen LogP contribution in [0.5, 0.6) is 0 Å². The van der Waals surface area contributed by atoms with Gasteiger partial charge in [-0.3, -0.25) is 4.79 Å². The third-order valence-electron chi connectivity index (χ3n) is 4.68. The maximum Gasteiger partial charge on any atom is 0.501 e. The maximum absolute atomic E-state index is 13.3. The number of primary amides is 1. The number of sulfonamides is 1. The molecular weight excluding hydrogens is 503 g/mol. The van der Waals surface area contributed by atoms with E-state index in [-0.39, 0.29) is 12.2 Å². The van der Waals surface area contributed by atoms with Crippen LogP contribution in [0.3, 0.4) is 0 Å². The van der Waals surface area contributed by atoms with E-state index >= 15 is 0 Å². The van der Waals surface area contributed by atoms with Crippen molar-refractivity contribution in [2.45, 2.75) is 39.6 Å². The number of halogens is 3. The summed E-state index contributed by atoms with van der Waals surface area (Å²) < 4.78 is 87.5. The van der Waals surface area contributed by atoms with Crippen molar-refractivity contribution in [3.05, 3.63) is 48.5 Å². The molecular formula is C19H22F3N3O5S3. The number of anilines is 1. The lowest BCUT2D eigenvalue weighted by molar-refractivity contribution is -0.122. The number of carbonyl (C=O) groups excluding carboxylic acids is 1. The minimum absolute atomic E-state index is 0.147. The van der Waals surface area contributed by atoms with Crippen molar-refractivity contribution in [3.63, 3.8) is 0 Å². The molecule has 0 saturated carbocycles. The molecule has 2 aromatic rings. The smallest absolute Gasteiger partial charge is 0.380 e. The number of carbonyl (C=O) groups is 1. The highest BCUT2D eigenvalue weighted by Crippen LogP contribution is 2.36. The Bertz CT molecular complexity index is 1200. The molecule has 0 heterocycles. The molecule has 5 N–H and O–H groups in total. The third-order valence-corrected chi connectivity index (χ3v) is 8.25. The van der Waals surface area contributed by atoms with Crippen molar-refractivity contribution < 1.29 is 34.8 Å². The first-order valence-electron chi connectivity index (χ1n) is 9.40. The van der Waals surface area contributed by atoms with E-state index in [0.29, 0.717) is 6.07 Å². The minimum Gasteiger partial charge on any atom is -0.380 e. The van der Waals surface area contributed by atoms with Crippen LogP contribution in [0, 0.1) is 5.92 Å². The molecule has 0 radical (unpaired) electrons. The first kappa shape index (κ1) is 27.0. The van der Waals surface area contributed by atoms with Gasteiger partial charge < -0.3 is 11.1 Å². The van der Waals surface area contributed by atoms with E-state index < -0.39 is 58.7 Å². The van der Waals surface area contributed by atoms with Gasteiger partial charge >= 0.3 is 5.51 Å². The van der Waals surface area contributed by atoms with Crippen molar-refractivity contribution in [2.24, 2.45) is 16.8 Å². The second kappa shape index (κ2) is 10.3. The Morgan fingerprint density at radius 2 is 1.70 bits per heavy atom. The van der Waals surface area contributed by atoms with Crippen LogP contribution in [0.2, 0.25) is 0 Å². The maximum atomic E-state index is 13.3. The summed E-state index contributed by atoms with van der Waals surface area (Å²) in [4.78, 5) is 10.6. The molecule has 14 heteroatoms. The summed E-state index contributed by atoms with van der Waals surface area (Å²) in [6, 6.07) is 10.1. The molecule has 182 valence electrons. The number of alkyl halides is 3. The zero-order valence-electron chi connectivity index (χ0n) is 17.2. The highest BCUT2D eigenvalue weighted by atomic mass is 32.2. The van der Waals surface area contributed by atoms with Crippen molar-refractivity contribution in [1.82, 2.24) is 0 Å². The van der Waals surface area contributed by atoms with Crippen LogP contribution in [0.4, 0.5) is 18.9 Å². The van der Waals surface area contributed by atoms with E-state index in [9.17, 15) is 34.8 Å².